The van der Waals surface area contributed by atoms with E-state index in [-0.39, 0.29) is 23.0 Å². The van der Waals surface area contributed by atoms with E-state index in [0.29, 0.717) is 39.3 Å². The molecule has 1 aromatic heterocycles. The van der Waals surface area contributed by atoms with Crippen LogP contribution in [0.1, 0.15) is 5.56 Å². The van der Waals surface area contributed by atoms with Gasteiger partial charge < -0.3 is 34.4 Å². The lowest BCUT2D eigenvalue weighted by Gasteiger charge is -2.26. The third-order valence-corrected chi connectivity index (χ3v) is 9.26. The van der Waals surface area contributed by atoms with Crippen molar-refractivity contribution in [1.29, 1.82) is 0 Å². The lowest BCUT2D eigenvalue weighted by Crippen LogP contribution is -2.34. The van der Waals surface area contributed by atoms with E-state index in [1.54, 1.807) is 48.3 Å². The number of ether oxygens (including phenoxy) is 3. The summed E-state index contributed by atoms with van der Waals surface area (Å²) in [5, 5.41) is 12.1. The van der Waals surface area contributed by atoms with Crippen LogP contribution in [0, 0.1) is 11.6 Å². The molecule has 0 aliphatic rings. The fraction of sp³-hybridized carbons (Fsp3) is 0.258. The highest BCUT2D eigenvalue weighted by Crippen LogP contribution is 2.37. The molecule has 4 rings (SSSR count). The number of halogens is 3. The molecule has 1 amide bonds. The highest BCUT2D eigenvalue weighted by atomic mass is 35.5. The normalized spacial score (nSPS) is 11.1. The number of amides is 1. The van der Waals surface area contributed by atoms with Gasteiger partial charge in [0, 0.05) is 50.9 Å². The summed E-state index contributed by atoms with van der Waals surface area (Å²) in [5.41, 5.74) is 1.40. The molecule has 17 heteroatoms. The van der Waals surface area contributed by atoms with Gasteiger partial charge in [0.05, 0.1) is 62.4 Å². The number of carboxylic acid groups (broad SMARTS) is 1. The van der Waals surface area contributed by atoms with Crippen LogP contribution in [0.2, 0.25) is 5.02 Å². The van der Waals surface area contributed by atoms with E-state index in [9.17, 15) is 22.7 Å². The van der Waals surface area contributed by atoms with Crippen LogP contribution in [-0.4, -0.2) is 83.0 Å². The van der Waals surface area contributed by atoms with Gasteiger partial charge in [-0.2, -0.15) is 0 Å². The highest BCUT2D eigenvalue weighted by Gasteiger charge is 2.32. The highest BCUT2D eigenvalue weighted by molar-refractivity contribution is 7.92. The van der Waals surface area contributed by atoms with Gasteiger partial charge in [0.1, 0.15) is 28.0 Å². The minimum atomic E-state index is -4.77. The molecule has 0 fully saturated rings. The monoisotopic (exact) mass is 706 g/mol. The molecule has 0 radical (unpaired) electrons. The van der Waals surface area contributed by atoms with Crippen molar-refractivity contribution >= 4 is 50.7 Å². The molecule has 0 aliphatic heterocycles. The van der Waals surface area contributed by atoms with Gasteiger partial charge in [-0.25, -0.2) is 36.3 Å². The Labute approximate surface area is 281 Å². The van der Waals surface area contributed by atoms with Crippen LogP contribution in [-0.2, 0) is 16.6 Å². The maximum Gasteiger partial charge on any atom is 0.407 e. The van der Waals surface area contributed by atoms with Crippen LogP contribution in [0.15, 0.2) is 65.8 Å². The van der Waals surface area contributed by atoms with Crippen molar-refractivity contribution in [3.05, 3.63) is 83.1 Å². The lowest BCUT2D eigenvalue weighted by molar-refractivity contribution is 0.157. The van der Waals surface area contributed by atoms with E-state index in [1.165, 1.54) is 28.4 Å². The molecule has 4 aromatic rings. The molecular weight excluding hydrogens is 674 g/mol. The molecule has 3 aromatic carbocycles. The van der Waals surface area contributed by atoms with Crippen LogP contribution < -0.4 is 28.7 Å². The fourth-order valence-corrected chi connectivity index (χ4v) is 6.20. The van der Waals surface area contributed by atoms with Crippen LogP contribution in [0.25, 0.3) is 0 Å². The standard InChI is InChI=1S/C31H33ClF2N6O7S/c1-38(10-11-39(2)31(41)42)27-12-21(45-3)8-9-25(27)37-26-15-24(34)29(14-23(26)32)48(43,44)40(30-35-16-20(33)17-36-30)18-19-6-7-22(46-4)13-28(19)47-5/h6-9,12-17,37H,10-11,18H2,1-5H3,(H,41,42). The van der Waals surface area contributed by atoms with Gasteiger partial charge >= 0.3 is 6.09 Å². The maximum atomic E-state index is 15.9. The summed E-state index contributed by atoms with van der Waals surface area (Å²) in [6.45, 7) is 0.0576. The molecule has 48 heavy (non-hydrogen) atoms. The number of nitrogens with zero attached hydrogens (tertiary/aromatic N) is 5. The quantitative estimate of drug-likeness (QED) is 0.168. The van der Waals surface area contributed by atoms with Crippen LogP contribution in [0.5, 0.6) is 17.2 Å². The van der Waals surface area contributed by atoms with Crippen LogP contribution >= 0.6 is 11.6 Å². The minimum Gasteiger partial charge on any atom is -0.497 e. The Morgan fingerprint density at radius 2 is 1.56 bits per heavy atom. The Bertz CT molecular complexity index is 1890. The molecule has 2 N–H and O–H groups in total. The van der Waals surface area contributed by atoms with E-state index in [1.807, 2.05) is 0 Å². The summed E-state index contributed by atoms with van der Waals surface area (Å²) in [4.78, 5) is 21.0. The molecule has 0 aliphatic carbocycles. The summed E-state index contributed by atoms with van der Waals surface area (Å²) >= 11 is 6.56. The Balaban J connectivity index is 1.72. The third-order valence-electron chi connectivity index (χ3n) is 7.21. The summed E-state index contributed by atoms with van der Waals surface area (Å²) in [6, 6.07) is 11.6. The zero-order valence-electron chi connectivity index (χ0n) is 26.6. The van der Waals surface area contributed by atoms with E-state index >= 15 is 4.39 Å². The average Bonchev–Trinajstić information content (AvgIpc) is 3.07. The van der Waals surface area contributed by atoms with E-state index < -0.39 is 45.1 Å². The summed E-state index contributed by atoms with van der Waals surface area (Å²) < 4.78 is 74.4. The number of sulfonamides is 1. The number of carbonyl (C=O) groups is 1. The van der Waals surface area contributed by atoms with E-state index in [4.69, 9.17) is 25.8 Å². The largest absolute Gasteiger partial charge is 0.497 e. The van der Waals surface area contributed by atoms with Gasteiger partial charge in [0.25, 0.3) is 10.0 Å². The second kappa shape index (κ2) is 15.2. The first-order chi connectivity index (χ1) is 22.8. The molecule has 256 valence electrons. The second-order valence-corrected chi connectivity index (χ2v) is 12.5. The van der Waals surface area contributed by atoms with Gasteiger partial charge in [-0.15, -0.1) is 0 Å². The van der Waals surface area contributed by atoms with Crippen molar-refractivity contribution in [3.8, 4) is 17.2 Å². The Morgan fingerprint density at radius 3 is 2.19 bits per heavy atom. The van der Waals surface area contributed by atoms with Gasteiger partial charge in [-0.05, 0) is 30.3 Å². The van der Waals surface area contributed by atoms with Crippen molar-refractivity contribution in [2.75, 3.05) is 63.0 Å². The topological polar surface area (TPSA) is 147 Å². The number of likely N-dealkylation sites (N-methyl/N-ethyl adjacent to an activating group) is 2. The number of aromatic nitrogens is 2. The first-order valence-corrected chi connectivity index (χ1v) is 15.9. The fourth-order valence-electron chi connectivity index (χ4n) is 4.50. The third kappa shape index (κ3) is 8.06. The molecule has 0 atom stereocenters. The minimum absolute atomic E-state index is 0.0389. The maximum absolute atomic E-state index is 15.9. The number of hydrogen-bond acceptors (Lipinski definition) is 10. The summed E-state index contributed by atoms with van der Waals surface area (Å²) in [6.07, 6.45) is 0.489. The summed E-state index contributed by atoms with van der Waals surface area (Å²) in [7, 11) is 2.74. The predicted molar refractivity (Wildman–Crippen MR) is 177 cm³/mol. The number of anilines is 4. The van der Waals surface area contributed by atoms with E-state index in [2.05, 4.69) is 15.3 Å². The van der Waals surface area contributed by atoms with Crippen LogP contribution in [0.3, 0.4) is 0 Å². The Hall–Kier alpha value is -5.09. The Morgan fingerprint density at radius 1 is 0.917 bits per heavy atom. The molecule has 13 nitrogen and oxygen atoms in total. The number of rotatable bonds is 14. The molecule has 0 bridgehead atoms. The van der Waals surface area contributed by atoms with Crippen molar-refractivity contribution in [3.63, 3.8) is 0 Å². The molecule has 0 saturated carbocycles. The smallest absolute Gasteiger partial charge is 0.407 e. The number of hydrogen-bond donors (Lipinski definition) is 2. The van der Waals surface area contributed by atoms with Crippen molar-refractivity contribution in [1.82, 2.24) is 14.9 Å². The first-order valence-electron chi connectivity index (χ1n) is 14.1. The number of methoxy groups -OCH3 is 3. The molecule has 0 unspecified atom stereocenters. The second-order valence-electron chi connectivity index (χ2n) is 10.3. The predicted octanol–water partition coefficient (Wildman–Crippen LogP) is 5.62. The van der Waals surface area contributed by atoms with Gasteiger partial charge in [0.2, 0.25) is 5.95 Å². The van der Waals surface area contributed by atoms with Gasteiger partial charge in [-0.3, -0.25) is 0 Å². The van der Waals surface area contributed by atoms with E-state index in [0.717, 1.165) is 29.4 Å². The zero-order valence-corrected chi connectivity index (χ0v) is 28.1. The van der Waals surface area contributed by atoms with Gasteiger partial charge in [-0.1, -0.05) is 11.6 Å². The molecular formula is C31H33ClF2N6O7S. The molecule has 0 saturated heterocycles. The molecule has 1 heterocycles. The zero-order chi connectivity index (χ0) is 35.2. The van der Waals surface area contributed by atoms with Gasteiger partial charge in [0.15, 0.2) is 5.82 Å². The first kappa shape index (κ1) is 35.8. The number of benzene rings is 3. The van der Waals surface area contributed by atoms with Crippen molar-refractivity contribution in [2.24, 2.45) is 0 Å². The van der Waals surface area contributed by atoms with Crippen molar-refractivity contribution in [2.45, 2.75) is 11.4 Å². The van der Waals surface area contributed by atoms with Crippen molar-refractivity contribution < 1.29 is 41.3 Å². The lowest BCUT2D eigenvalue weighted by atomic mass is 10.2. The molecule has 0 spiro atoms. The average molecular weight is 707 g/mol. The Kier molecular flexibility index (Phi) is 11.3. The number of nitrogens with one attached hydrogen (secondary N) is 1. The van der Waals surface area contributed by atoms with Crippen LogP contribution in [0.4, 0.5) is 36.6 Å². The SMILES string of the molecule is COc1ccc(CN(c2ncc(F)cn2)S(=O)(=O)c2cc(Cl)c(Nc3ccc(OC)cc3N(C)CCN(C)C(=O)O)cc2F)c(OC)c1. The summed E-state index contributed by atoms with van der Waals surface area (Å²) in [5.74, 6) is -1.16.